The number of hydrogen-bond acceptors (Lipinski definition) is 5. The van der Waals surface area contributed by atoms with Crippen LogP contribution in [-0.4, -0.2) is 36.9 Å². The molecule has 0 aliphatic carbocycles. The van der Waals surface area contributed by atoms with Crippen molar-refractivity contribution < 1.29 is 24.2 Å². The molecular formula is C8H14O5. The van der Waals surface area contributed by atoms with Crippen molar-refractivity contribution in [1.29, 1.82) is 0 Å². The lowest BCUT2D eigenvalue weighted by molar-refractivity contribution is -0.185. The molecule has 0 aliphatic rings. The van der Waals surface area contributed by atoms with Gasteiger partial charge in [0.05, 0.1) is 14.2 Å². The highest BCUT2D eigenvalue weighted by Crippen LogP contribution is 2.20. The van der Waals surface area contributed by atoms with Crippen LogP contribution in [0.3, 0.4) is 0 Å². The van der Waals surface area contributed by atoms with Crippen LogP contribution in [-0.2, 0) is 19.1 Å². The molecule has 0 aromatic rings. The molecule has 0 saturated heterocycles. The highest BCUT2D eigenvalue weighted by Gasteiger charge is 2.49. The zero-order valence-electron chi connectivity index (χ0n) is 8.16. The normalized spacial score (nSPS) is 11.2. The fourth-order valence-corrected chi connectivity index (χ4v) is 0.866. The smallest absolute Gasteiger partial charge is 0.350 e. The molecule has 5 nitrogen and oxygen atoms in total. The zero-order chi connectivity index (χ0) is 10.6. The van der Waals surface area contributed by atoms with Gasteiger partial charge in [-0.3, -0.25) is 0 Å². The van der Waals surface area contributed by atoms with Crippen molar-refractivity contribution in [2.45, 2.75) is 19.4 Å². The summed E-state index contributed by atoms with van der Waals surface area (Å²) >= 11 is 0. The first-order valence-corrected chi connectivity index (χ1v) is 3.80. The van der Waals surface area contributed by atoms with Gasteiger partial charge >= 0.3 is 11.9 Å². The van der Waals surface area contributed by atoms with E-state index in [-0.39, 0.29) is 0 Å². The molecule has 0 unspecified atom stereocenters. The maximum Gasteiger partial charge on any atom is 0.350 e. The minimum atomic E-state index is -2.20. The van der Waals surface area contributed by atoms with Crippen LogP contribution >= 0.6 is 0 Å². The summed E-state index contributed by atoms with van der Waals surface area (Å²) in [7, 11) is 2.19. The summed E-state index contributed by atoms with van der Waals surface area (Å²) in [6, 6.07) is 0. The third-order valence-electron chi connectivity index (χ3n) is 1.83. The third kappa shape index (κ3) is 1.98. The number of hydrogen-bond donors (Lipinski definition) is 1. The van der Waals surface area contributed by atoms with E-state index < -0.39 is 23.5 Å². The van der Waals surface area contributed by atoms with E-state index in [1.165, 1.54) is 13.8 Å². The van der Waals surface area contributed by atoms with E-state index in [2.05, 4.69) is 9.47 Å². The molecule has 0 heterocycles. The summed E-state index contributed by atoms with van der Waals surface area (Å²) in [4.78, 5) is 22.2. The van der Waals surface area contributed by atoms with Crippen molar-refractivity contribution >= 4 is 11.9 Å². The molecular weight excluding hydrogens is 176 g/mol. The van der Waals surface area contributed by atoms with E-state index in [0.717, 1.165) is 14.2 Å². The van der Waals surface area contributed by atoms with Gasteiger partial charge in [-0.05, 0) is 0 Å². The lowest BCUT2D eigenvalue weighted by Crippen LogP contribution is -2.52. The second-order valence-electron chi connectivity index (χ2n) is 2.90. The number of rotatable bonds is 3. The van der Waals surface area contributed by atoms with Crippen LogP contribution in [0.1, 0.15) is 13.8 Å². The molecule has 0 aromatic carbocycles. The van der Waals surface area contributed by atoms with Crippen molar-refractivity contribution in [2.75, 3.05) is 14.2 Å². The number of carbonyl (C=O) groups excluding carboxylic acids is 2. The Morgan fingerprint density at radius 1 is 1.15 bits per heavy atom. The first-order chi connectivity index (χ1) is 5.91. The summed E-state index contributed by atoms with van der Waals surface area (Å²) in [5, 5.41) is 9.68. The maximum absolute atomic E-state index is 11.1. The van der Waals surface area contributed by atoms with Crippen molar-refractivity contribution in [3.8, 4) is 0 Å². The Labute approximate surface area is 76.6 Å². The highest BCUT2D eigenvalue weighted by molar-refractivity contribution is 6.03. The monoisotopic (exact) mass is 190 g/mol. The average molecular weight is 190 g/mol. The van der Waals surface area contributed by atoms with Crippen LogP contribution in [0.25, 0.3) is 0 Å². The Bertz CT molecular complexity index is 193. The Morgan fingerprint density at radius 3 is 1.62 bits per heavy atom. The van der Waals surface area contributed by atoms with E-state index in [9.17, 15) is 14.7 Å². The molecule has 76 valence electrons. The molecule has 1 N–H and O–H groups in total. The summed E-state index contributed by atoms with van der Waals surface area (Å²) in [6.07, 6.45) is 0. The Hall–Kier alpha value is -1.10. The molecule has 0 aliphatic heterocycles. The molecule has 0 amide bonds. The van der Waals surface area contributed by atoms with Crippen LogP contribution in [0.15, 0.2) is 0 Å². The van der Waals surface area contributed by atoms with Crippen molar-refractivity contribution in [2.24, 2.45) is 5.92 Å². The van der Waals surface area contributed by atoms with Gasteiger partial charge in [0.15, 0.2) is 0 Å². The van der Waals surface area contributed by atoms with Gasteiger partial charge in [-0.2, -0.15) is 0 Å². The van der Waals surface area contributed by atoms with E-state index in [0.29, 0.717) is 0 Å². The van der Waals surface area contributed by atoms with Gasteiger partial charge in [0.2, 0.25) is 0 Å². The number of esters is 2. The first-order valence-electron chi connectivity index (χ1n) is 3.80. The Balaban J connectivity index is 4.94. The molecule has 0 aromatic heterocycles. The van der Waals surface area contributed by atoms with Crippen LogP contribution < -0.4 is 0 Å². The quantitative estimate of drug-likeness (QED) is 0.489. The maximum atomic E-state index is 11.1. The molecule has 0 saturated carbocycles. The lowest BCUT2D eigenvalue weighted by atomic mass is 9.90. The standard InChI is InChI=1S/C8H14O5/c1-5(2)8(11,6(9)12-3)7(10)13-4/h5,11H,1-4H3. The van der Waals surface area contributed by atoms with Gasteiger partial charge in [-0.1, -0.05) is 13.8 Å². The fraction of sp³-hybridized carbons (Fsp3) is 0.750. The molecule has 0 bridgehead atoms. The highest BCUT2D eigenvalue weighted by atomic mass is 16.6. The van der Waals surface area contributed by atoms with Crippen LogP contribution in [0.5, 0.6) is 0 Å². The topological polar surface area (TPSA) is 72.8 Å². The lowest BCUT2D eigenvalue weighted by Gasteiger charge is -2.25. The minimum Gasteiger partial charge on any atom is -0.466 e. The van der Waals surface area contributed by atoms with E-state index in [1.807, 2.05) is 0 Å². The Kier molecular flexibility index (Phi) is 3.87. The van der Waals surface area contributed by atoms with Gasteiger partial charge in [-0.15, -0.1) is 0 Å². The molecule has 0 radical (unpaired) electrons. The second kappa shape index (κ2) is 4.23. The summed E-state index contributed by atoms with van der Waals surface area (Å²) in [6.45, 7) is 3.04. The number of carbonyl (C=O) groups is 2. The third-order valence-corrected chi connectivity index (χ3v) is 1.83. The molecule has 0 atom stereocenters. The van der Waals surface area contributed by atoms with Gasteiger partial charge in [0.25, 0.3) is 5.60 Å². The van der Waals surface area contributed by atoms with Gasteiger partial charge in [0, 0.05) is 5.92 Å². The SMILES string of the molecule is COC(=O)C(O)(C(=O)OC)C(C)C. The van der Waals surface area contributed by atoms with Crippen LogP contribution in [0.2, 0.25) is 0 Å². The van der Waals surface area contributed by atoms with Gasteiger partial charge < -0.3 is 14.6 Å². The number of ether oxygens (including phenoxy) is 2. The van der Waals surface area contributed by atoms with E-state index in [4.69, 9.17) is 0 Å². The summed E-state index contributed by atoms with van der Waals surface area (Å²) in [5.41, 5.74) is -2.20. The molecule has 0 spiro atoms. The van der Waals surface area contributed by atoms with Crippen LogP contribution in [0.4, 0.5) is 0 Å². The van der Waals surface area contributed by atoms with Gasteiger partial charge in [-0.25, -0.2) is 9.59 Å². The Morgan fingerprint density at radius 2 is 1.46 bits per heavy atom. The molecule has 0 fully saturated rings. The van der Waals surface area contributed by atoms with Crippen molar-refractivity contribution in [3.63, 3.8) is 0 Å². The zero-order valence-corrected chi connectivity index (χ0v) is 8.16. The van der Waals surface area contributed by atoms with Gasteiger partial charge in [0.1, 0.15) is 0 Å². The number of methoxy groups -OCH3 is 2. The van der Waals surface area contributed by atoms with Crippen molar-refractivity contribution in [1.82, 2.24) is 0 Å². The predicted octanol–water partition coefficient (Wildman–Crippen LogP) is -0.281. The summed E-state index contributed by atoms with van der Waals surface area (Å²) in [5.74, 6) is -2.61. The molecule has 5 heteroatoms. The van der Waals surface area contributed by atoms with Crippen LogP contribution in [0, 0.1) is 5.92 Å². The summed E-state index contributed by atoms with van der Waals surface area (Å²) < 4.78 is 8.62. The first kappa shape index (κ1) is 11.9. The number of aliphatic hydroxyl groups is 1. The minimum absolute atomic E-state index is 0.604. The average Bonchev–Trinajstić information content (AvgIpc) is 2.13. The molecule has 0 rings (SSSR count). The fourth-order valence-electron chi connectivity index (χ4n) is 0.866. The largest absolute Gasteiger partial charge is 0.466 e. The van der Waals surface area contributed by atoms with Crippen molar-refractivity contribution in [3.05, 3.63) is 0 Å². The molecule has 13 heavy (non-hydrogen) atoms. The second-order valence-corrected chi connectivity index (χ2v) is 2.90. The van der Waals surface area contributed by atoms with E-state index >= 15 is 0 Å². The van der Waals surface area contributed by atoms with E-state index in [1.54, 1.807) is 0 Å². The predicted molar refractivity (Wildman–Crippen MR) is 43.8 cm³/mol.